The van der Waals surface area contributed by atoms with Crippen LogP contribution in [0.25, 0.3) is 0 Å². The fraction of sp³-hybridized carbons (Fsp3) is 1.00. The van der Waals surface area contributed by atoms with E-state index in [4.69, 9.17) is 18.9 Å². The molecule has 0 bridgehead atoms. The molecule has 4 heterocycles. The van der Waals surface area contributed by atoms with Crippen LogP contribution in [0.15, 0.2) is 0 Å². The third-order valence-corrected chi connectivity index (χ3v) is 9.14. The van der Waals surface area contributed by atoms with Crippen molar-refractivity contribution in [2.75, 3.05) is 19.8 Å². The number of hydrogen-bond donors (Lipinski definition) is 3. The molecule has 2 spiro atoms. The zero-order valence-corrected chi connectivity index (χ0v) is 16.3. The van der Waals surface area contributed by atoms with E-state index in [0.717, 1.165) is 0 Å². The van der Waals surface area contributed by atoms with Gasteiger partial charge in [-0.05, 0) is 11.8 Å². The molecule has 4 aliphatic heterocycles. The molecule has 6 rings (SSSR count). The Morgan fingerprint density at radius 1 is 1.04 bits per heavy atom. The van der Waals surface area contributed by atoms with Gasteiger partial charge in [0.1, 0.15) is 11.2 Å². The molecule has 3 N–H and O–H groups in total. The first-order valence-electron chi connectivity index (χ1n) is 10.2. The van der Waals surface area contributed by atoms with Gasteiger partial charge in [0.15, 0.2) is 6.29 Å². The minimum Gasteiger partial charge on any atom is -0.390 e. The Balaban J connectivity index is 1.66. The maximum absolute atomic E-state index is 12.0. The quantitative estimate of drug-likeness (QED) is 0.545. The smallest absolute Gasteiger partial charge is 0.168 e. The predicted molar refractivity (Wildman–Crippen MR) is 91.6 cm³/mol. The van der Waals surface area contributed by atoms with Gasteiger partial charge < -0.3 is 34.3 Å². The number of ether oxygens (including phenoxy) is 4. The van der Waals surface area contributed by atoms with Crippen molar-refractivity contribution >= 4 is 0 Å². The van der Waals surface area contributed by atoms with Crippen LogP contribution in [0.1, 0.15) is 34.1 Å². The molecule has 2 aliphatic carbocycles. The van der Waals surface area contributed by atoms with Crippen LogP contribution in [0.5, 0.6) is 0 Å². The topological polar surface area (TPSA) is 97.6 Å². The maximum Gasteiger partial charge on any atom is 0.168 e. The largest absolute Gasteiger partial charge is 0.390 e. The predicted octanol–water partition coefficient (Wildman–Crippen LogP) is 0.0507. The summed E-state index contributed by atoms with van der Waals surface area (Å²) in [4.78, 5) is 0. The third kappa shape index (κ3) is 1.37. The van der Waals surface area contributed by atoms with Gasteiger partial charge >= 0.3 is 0 Å². The summed E-state index contributed by atoms with van der Waals surface area (Å²) in [6.45, 7) is 9.07. The van der Waals surface area contributed by atoms with E-state index in [1.807, 2.05) is 6.92 Å². The lowest BCUT2D eigenvalue weighted by Crippen LogP contribution is -2.64. The molecule has 0 aromatic heterocycles. The van der Waals surface area contributed by atoms with E-state index in [0.29, 0.717) is 13.0 Å². The first-order valence-corrected chi connectivity index (χ1v) is 10.2. The summed E-state index contributed by atoms with van der Waals surface area (Å²) in [7, 11) is 0. The van der Waals surface area contributed by atoms with Crippen molar-refractivity contribution in [3.63, 3.8) is 0 Å². The average Bonchev–Trinajstić information content (AvgIpc) is 3.29. The number of rotatable bonds is 0. The Labute approximate surface area is 158 Å². The highest BCUT2D eigenvalue weighted by Gasteiger charge is 2.97. The molecule has 0 amide bonds. The van der Waals surface area contributed by atoms with E-state index in [9.17, 15) is 15.3 Å². The lowest BCUT2D eigenvalue weighted by atomic mass is 9.51. The molecule has 6 aliphatic rings. The minimum atomic E-state index is -1.21. The monoisotopic (exact) mass is 382 g/mol. The van der Waals surface area contributed by atoms with Crippen molar-refractivity contribution in [1.82, 2.24) is 0 Å². The summed E-state index contributed by atoms with van der Waals surface area (Å²) in [5.41, 5.74) is -4.10. The molecule has 7 heteroatoms. The summed E-state index contributed by atoms with van der Waals surface area (Å²) in [5, 5.41) is 34.7. The van der Waals surface area contributed by atoms with E-state index in [-0.39, 0.29) is 36.6 Å². The maximum atomic E-state index is 12.0. The van der Waals surface area contributed by atoms with Crippen LogP contribution in [0.4, 0.5) is 0 Å². The van der Waals surface area contributed by atoms with Gasteiger partial charge in [0.05, 0.1) is 49.7 Å². The van der Waals surface area contributed by atoms with E-state index < -0.39 is 46.6 Å². The molecule has 0 aromatic rings. The molecule has 4 saturated heterocycles. The van der Waals surface area contributed by atoms with Crippen molar-refractivity contribution in [2.24, 2.45) is 28.1 Å². The van der Waals surface area contributed by atoms with Gasteiger partial charge in [0.2, 0.25) is 0 Å². The summed E-state index contributed by atoms with van der Waals surface area (Å²) in [6.07, 6.45) is -2.57. The average molecular weight is 382 g/mol. The van der Waals surface area contributed by atoms with Crippen LogP contribution in [-0.2, 0) is 18.9 Å². The molecule has 4 unspecified atom stereocenters. The SMILES string of the molecule is C[C@@H]1COC2CC34C5OC[C@]3(O[C@@H]3OC[C@H](O)C34[C@H](C(C)(C)C)[C@H]5O)[C@]21O. The second kappa shape index (κ2) is 4.56. The van der Waals surface area contributed by atoms with E-state index in [1.165, 1.54) is 0 Å². The molecule has 0 aromatic carbocycles. The van der Waals surface area contributed by atoms with Gasteiger partial charge in [0.25, 0.3) is 0 Å². The van der Waals surface area contributed by atoms with Crippen LogP contribution >= 0.6 is 0 Å². The second-order valence-electron chi connectivity index (χ2n) is 10.8. The van der Waals surface area contributed by atoms with Crippen LogP contribution in [0.3, 0.4) is 0 Å². The Morgan fingerprint density at radius 3 is 2.48 bits per heavy atom. The third-order valence-electron chi connectivity index (χ3n) is 9.14. The first kappa shape index (κ1) is 17.6. The van der Waals surface area contributed by atoms with Gasteiger partial charge in [0, 0.05) is 17.3 Å². The van der Waals surface area contributed by atoms with Crippen molar-refractivity contribution < 1.29 is 34.3 Å². The van der Waals surface area contributed by atoms with Crippen LogP contribution < -0.4 is 0 Å². The van der Waals surface area contributed by atoms with Crippen LogP contribution in [0, 0.1) is 28.1 Å². The Bertz CT molecular complexity index is 707. The number of aliphatic hydroxyl groups excluding tert-OH is 2. The zero-order chi connectivity index (χ0) is 19.2. The fourth-order valence-corrected chi connectivity index (χ4v) is 8.61. The van der Waals surface area contributed by atoms with Gasteiger partial charge in [-0.3, -0.25) is 0 Å². The van der Waals surface area contributed by atoms with Crippen molar-refractivity contribution in [3.8, 4) is 0 Å². The number of fused-ring (bicyclic) bond motifs is 1. The highest BCUT2D eigenvalue weighted by molar-refractivity contribution is 5.42. The normalized spacial score (nSPS) is 66.1. The van der Waals surface area contributed by atoms with Gasteiger partial charge in [-0.2, -0.15) is 0 Å². The standard InChI is InChI=1S/C20H30O7/c1-9-6-24-11-5-17-14-12(22)13(16(2,3)4)19(17)10(21)7-25-15(19)27-18(17,8-26-14)20(9,11)23/h9-15,21-23H,5-8H2,1-4H3/t9-,10+,11?,12-,13+,14?,15+,17?,18-,19?,20-/m1/s1. The Kier molecular flexibility index (Phi) is 2.97. The lowest BCUT2D eigenvalue weighted by Gasteiger charge is -2.49. The van der Waals surface area contributed by atoms with E-state index in [2.05, 4.69) is 20.8 Å². The summed E-state index contributed by atoms with van der Waals surface area (Å²) in [5.74, 6) is -0.402. The summed E-state index contributed by atoms with van der Waals surface area (Å²) < 4.78 is 24.8. The van der Waals surface area contributed by atoms with E-state index in [1.54, 1.807) is 0 Å². The minimum absolute atomic E-state index is 0.122. The fourth-order valence-electron chi connectivity index (χ4n) is 8.61. The molecule has 7 nitrogen and oxygen atoms in total. The molecular formula is C20H30O7. The van der Waals surface area contributed by atoms with Gasteiger partial charge in [-0.25, -0.2) is 0 Å². The Morgan fingerprint density at radius 2 is 1.78 bits per heavy atom. The number of hydrogen-bond acceptors (Lipinski definition) is 7. The van der Waals surface area contributed by atoms with Gasteiger partial charge in [-0.1, -0.05) is 27.7 Å². The van der Waals surface area contributed by atoms with Crippen molar-refractivity contribution in [2.45, 2.75) is 76.0 Å². The highest BCUT2D eigenvalue weighted by Crippen LogP contribution is 2.84. The molecule has 2 saturated carbocycles. The summed E-state index contributed by atoms with van der Waals surface area (Å²) >= 11 is 0. The van der Waals surface area contributed by atoms with Crippen molar-refractivity contribution in [3.05, 3.63) is 0 Å². The molecular weight excluding hydrogens is 352 g/mol. The van der Waals surface area contributed by atoms with Gasteiger partial charge in [-0.15, -0.1) is 0 Å². The Hall–Kier alpha value is -0.280. The molecule has 11 atom stereocenters. The molecule has 6 fully saturated rings. The van der Waals surface area contributed by atoms with E-state index >= 15 is 0 Å². The molecule has 0 radical (unpaired) electrons. The lowest BCUT2D eigenvalue weighted by molar-refractivity contribution is -0.244. The van der Waals surface area contributed by atoms with Crippen LogP contribution in [-0.4, -0.2) is 77.0 Å². The van der Waals surface area contributed by atoms with Crippen molar-refractivity contribution in [1.29, 1.82) is 0 Å². The number of aliphatic hydroxyl groups is 3. The first-order chi connectivity index (χ1) is 12.6. The van der Waals surface area contributed by atoms with Crippen LogP contribution in [0.2, 0.25) is 0 Å². The molecule has 152 valence electrons. The summed E-state index contributed by atoms with van der Waals surface area (Å²) in [6, 6.07) is 0. The molecule has 27 heavy (non-hydrogen) atoms. The zero-order valence-electron chi connectivity index (χ0n) is 16.3. The highest BCUT2D eigenvalue weighted by atomic mass is 16.7. The second-order valence-corrected chi connectivity index (χ2v) is 10.8.